The van der Waals surface area contributed by atoms with Crippen LogP contribution in [0.3, 0.4) is 0 Å². The van der Waals surface area contributed by atoms with Gasteiger partial charge in [-0.15, -0.1) is 0 Å². The topological polar surface area (TPSA) is 58.1 Å². The quantitative estimate of drug-likeness (QED) is 0.387. The first-order valence-corrected chi connectivity index (χ1v) is 10.8. The molecule has 2 aliphatic heterocycles. The molecule has 2 aliphatic rings. The van der Waals surface area contributed by atoms with E-state index < -0.39 is 0 Å². The van der Waals surface area contributed by atoms with Gasteiger partial charge in [-0.1, -0.05) is 12.1 Å². The third-order valence-electron chi connectivity index (χ3n) is 5.48. The molecule has 2 saturated heterocycles. The Labute approximate surface area is 169 Å². The standard InChI is InChI=1S/C22H36N4O2/c1-18-8-9-19(21(15-18)28-17-20-7-5-14-27-20)16-25-22(23-2)24-10-6-13-26-11-3-4-12-26/h8-9,15,20H,3-7,10-14,16-17H2,1-2H3,(H2,23,24,25). The van der Waals surface area contributed by atoms with E-state index in [1.807, 2.05) is 7.05 Å². The second-order valence-electron chi connectivity index (χ2n) is 7.81. The molecule has 2 fully saturated rings. The second kappa shape index (κ2) is 11.3. The summed E-state index contributed by atoms with van der Waals surface area (Å²) in [5, 5.41) is 6.84. The van der Waals surface area contributed by atoms with Crippen LogP contribution >= 0.6 is 0 Å². The van der Waals surface area contributed by atoms with E-state index >= 15 is 0 Å². The average molecular weight is 389 g/mol. The summed E-state index contributed by atoms with van der Waals surface area (Å²) in [6, 6.07) is 6.37. The number of guanidine groups is 1. The number of nitrogens with zero attached hydrogens (tertiary/aromatic N) is 2. The molecule has 1 atom stereocenters. The minimum Gasteiger partial charge on any atom is -0.491 e. The van der Waals surface area contributed by atoms with E-state index in [-0.39, 0.29) is 6.10 Å². The maximum Gasteiger partial charge on any atom is 0.191 e. The Morgan fingerprint density at radius 3 is 2.86 bits per heavy atom. The van der Waals surface area contributed by atoms with E-state index in [2.05, 4.69) is 45.6 Å². The van der Waals surface area contributed by atoms with E-state index in [0.29, 0.717) is 13.2 Å². The molecule has 2 heterocycles. The lowest BCUT2D eigenvalue weighted by molar-refractivity contribution is 0.0676. The van der Waals surface area contributed by atoms with Crippen molar-refractivity contribution in [3.8, 4) is 5.75 Å². The fraction of sp³-hybridized carbons (Fsp3) is 0.682. The summed E-state index contributed by atoms with van der Waals surface area (Å²) in [5.74, 6) is 1.78. The highest BCUT2D eigenvalue weighted by Crippen LogP contribution is 2.22. The fourth-order valence-electron chi connectivity index (χ4n) is 3.82. The molecular formula is C22H36N4O2. The molecule has 0 radical (unpaired) electrons. The first kappa shape index (κ1) is 20.9. The normalized spacial score (nSPS) is 20.5. The summed E-state index contributed by atoms with van der Waals surface area (Å²) in [6.45, 7) is 8.89. The summed E-state index contributed by atoms with van der Waals surface area (Å²) in [5.41, 5.74) is 2.35. The number of benzene rings is 1. The van der Waals surface area contributed by atoms with Crippen molar-refractivity contribution in [1.29, 1.82) is 0 Å². The first-order valence-electron chi connectivity index (χ1n) is 10.8. The molecule has 1 aromatic carbocycles. The summed E-state index contributed by atoms with van der Waals surface area (Å²) in [4.78, 5) is 6.89. The number of ether oxygens (including phenoxy) is 2. The summed E-state index contributed by atoms with van der Waals surface area (Å²) < 4.78 is 11.8. The van der Waals surface area contributed by atoms with Crippen molar-refractivity contribution < 1.29 is 9.47 Å². The highest BCUT2D eigenvalue weighted by atomic mass is 16.5. The molecule has 0 bridgehead atoms. The van der Waals surface area contributed by atoms with Crippen LogP contribution in [-0.4, -0.2) is 63.4 Å². The Kier molecular flexibility index (Phi) is 8.42. The predicted octanol–water partition coefficient (Wildman–Crippen LogP) is 2.70. The number of aliphatic imine (C=N–C) groups is 1. The molecule has 0 aromatic heterocycles. The van der Waals surface area contributed by atoms with Crippen molar-refractivity contribution in [3.05, 3.63) is 29.3 Å². The van der Waals surface area contributed by atoms with Crippen LogP contribution in [0, 0.1) is 6.92 Å². The van der Waals surface area contributed by atoms with Crippen LogP contribution in [0.1, 0.15) is 43.2 Å². The van der Waals surface area contributed by atoms with Gasteiger partial charge in [0.25, 0.3) is 0 Å². The van der Waals surface area contributed by atoms with Crippen LogP contribution in [0.4, 0.5) is 0 Å². The smallest absolute Gasteiger partial charge is 0.191 e. The van der Waals surface area contributed by atoms with Crippen LogP contribution in [0.15, 0.2) is 23.2 Å². The van der Waals surface area contributed by atoms with Crippen molar-refractivity contribution in [2.75, 3.05) is 46.4 Å². The van der Waals surface area contributed by atoms with E-state index in [1.165, 1.54) is 38.0 Å². The number of nitrogens with one attached hydrogen (secondary N) is 2. The molecule has 0 saturated carbocycles. The molecule has 6 nitrogen and oxygen atoms in total. The Morgan fingerprint density at radius 2 is 2.11 bits per heavy atom. The van der Waals surface area contributed by atoms with E-state index in [0.717, 1.165) is 49.7 Å². The minimum absolute atomic E-state index is 0.228. The number of rotatable bonds is 9. The molecule has 3 rings (SSSR count). The van der Waals surface area contributed by atoms with Crippen LogP contribution in [-0.2, 0) is 11.3 Å². The Balaban J connectivity index is 1.43. The van der Waals surface area contributed by atoms with Gasteiger partial charge in [0.2, 0.25) is 0 Å². The number of aryl methyl sites for hydroxylation is 1. The van der Waals surface area contributed by atoms with Crippen molar-refractivity contribution in [2.45, 2.75) is 51.7 Å². The van der Waals surface area contributed by atoms with E-state index in [4.69, 9.17) is 9.47 Å². The van der Waals surface area contributed by atoms with Gasteiger partial charge < -0.3 is 25.0 Å². The zero-order valence-corrected chi connectivity index (χ0v) is 17.5. The lowest BCUT2D eigenvalue weighted by Gasteiger charge is -2.18. The molecule has 2 N–H and O–H groups in total. The molecule has 0 aliphatic carbocycles. The van der Waals surface area contributed by atoms with Gasteiger partial charge in [0.15, 0.2) is 5.96 Å². The molecule has 1 aromatic rings. The molecule has 156 valence electrons. The van der Waals surface area contributed by atoms with Gasteiger partial charge >= 0.3 is 0 Å². The molecule has 1 unspecified atom stereocenters. The van der Waals surface area contributed by atoms with Gasteiger partial charge in [0.05, 0.1) is 6.10 Å². The van der Waals surface area contributed by atoms with Crippen LogP contribution < -0.4 is 15.4 Å². The summed E-state index contributed by atoms with van der Waals surface area (Å²) >= 11 is 0. The molecule has 0 spiro atoms. The number of hydrogen-bond acceptors (Lipinski definition) is 4. The lowest BCUT2D eigenvalue weighted by atomic mass is 10.1. The zero-order valence-electron chi connectivity index (χ0n) is 17.5. The first-order chi connectivity index (χ1) is 13.7. The minimum atomic E-state index is 0.228. The Hall–Kier alpha value is -1.79. The van der Waals surface area contributed by atoms with Gasteiger partial charge in [-0.05, 0) is 70.3 Å². The Morgan fingerprint density at radius 1 is 1.25 bits per heavy atom. The molecule has 28 heavy (non-hydrogen) atoms. The van der Waals surface area contributed by atoms with Gasteiger partial charge in [-0.3, -0.25) is 4.99 Å². The number of hydrogen-bond donors (Lipinski definition) is 2. The Bertz CT molecular complexity index is 623. The largest absolute Gasteiger partial charge is 0.491 e. The van der Waals surface area contributed by atoms with Crippen molar-refractivity contribution in [3.63, 3.8) is 0 Å². The average Bonchev–Trinajstić information content (AvgIpc) is 3.41. The maximum absolute atomic E-state index is 6.09. The third-order valence-corrected chi connectivity index (χ3v) is 5.48. The SMILES string of the molecule is CN=C(NCCCN1CCCC1)NCc1ccc(C)cc1OCC1CCCO1. The lowest BCUT2D eigenvalue weighted by Crippen LogP contribution is -2.38. The zero-order chi connectivity index (χ0) is 19.6. The van der Waals surface area contributed by atoms with Gasteiger partial charge in [0, 0.05) is 32.3 Å². The van der Waals surface area contributed by atoms with Gasteiger partial charge in [0.1, 0.15) is 12.4 Å². The monoisotopic (exact) mass is 388 g/mol. The highest BCUT2D eigenvalue weighted by Gasteiger charge is 2.17. The van der Waals surface area contributed by atoms with Crippen LogP contribution in [0.2, 0.25) is 0 Å². The maximum atomic E-state index is 6.09. The molecular weight excluding hydrogens is 352 g/mol. The predicted molar refractivity (Wildman–Crippen MR) is 114 cm³/mol. The summed E-state index contributed by atoms with van der Waals surface area (Å²) in [6.07, 6.45) is 6.30. The van der Waals surface area contributed by atoms with Gasteiger partial charge in [-0.2, -0.15) is 0 Å². The van der Waals surface area contributed by atoms with Crippen molar-refractivity contribution in [2.24, 2.45) is 4.99 Å². The number of likely N-dealkylation sites (tertiary alicyclic amines) is 1. The molecule has 0 amide bonds. The fourth-order valence-corrected chi connectivity index (χ4v) is 3.82. The van der Waals surface area contributed by atoms with Gasteiger partial charge in [-0.25, -0.2) is 0 Å². The van der Waals surface area contributed by atoms with E-state index in [9.17, 15) is 0 Å². The summed E-state index contributed by atoms with van der Waals surface area (Å²) in [7, 11) is 1.82. The third kappa shape index (κ3) is 6.67. The van der Waals surface area contributed by atoms with Crippen molar-refractivity contribution >= 4 is 5.96 Å². The second-order valence-corrected chi connectivity index (χ2v) is 7.81. The molecule has 6 heteroatoms. The van der Waals surface area contributed by atoms with Crippen LogP contribution in [0.25, 0.3) is 0 Å². The van der Waals surface area contributed by atoms with E-state index in [1.54, 1.807) is 0 Å². The van der Waals surface area contributed by atoms with Crippen LogP contribution in [0.5, 0.6) is 5.75 Å². The highest BCUT2D eigenvalue weighted by molar-refractivity contribution is 5.79. The van der Waals surface area contributed by atoms with Crippen molar-refractivity contribution in [1.82, 2.24) is 15.5 Å².